The molecule has 0 saturated carbocycles. The normalized spacial score (nSPS) is 10.6. The lowest BCUT2D eigenvalue weighted by atomic mass is 10.1. The predicted octanol–water partition coefficient (Wildman–Crippen LogP) is 5.21. The molecule has 4 aromatic rings. The zero-order valence-electron chi connectivity index (χ0n) is 16.4. The molecule has 0 aliphatic heterocycles. The predicted molar refractivity (Wildman–Crippen MR) is 122 cm³/mol. The fourth-order valence-electron chi connectivity index (χ4n) is 2.88. The molecule has 0 radical (unpaired) electrons. The largest absolute Gasteiger partial charge is 0.459 e. The highest BCUT2D eigenvalue weighted by Gasteiger charge is 2.12. The first-order chi connectivity index (χ1) is 15.2. The number of nitrogens with one attached hydrogen (secondary N) is 2. The van der Waals surface area contributed by atoms with Gasteiger partial charge in [0.15, 0.2) is 5.76 Å². The Labute approximate surface area is 187 Å². The van der Waals surface area contributed by atoms with Gasteiger partial charge in [-0.3, -0.25) is 9.59 Å². The maximum atomic E-state index is 12.8. The van der Waals surface area contributed by atoms with Crippen molar-refractivity contribution in [2.75, 3.05) is 5.32 Å². The first-order valence-electron chi connectivity index (χ1n) is 9.50. The van der Waals surface area contributed by atoms with Crippen LogP contribution in [0.2, 0.25) is 0 Å². The second-order valence-corrected chi connectivity index (χ2v) is 8.31. The van der Waals surface area contributed by atoms with E-state index in [-0.39, 0.29) is 17.6 Å². The minimum absolute atomic E-state index is 0.147. The van der Waals surface area contributed by atoms with Crippen molar-refractivity contribution < 1.29 is 14.0 Å². The number of carbonyl (C=O) groups is 2. The van der Waals surface area contributed by atoms with Crippen LogP contribution in [-0.4, -0.2) is 16.8 Å². The van der Waals surface area contributed by atoms with E-state index < -0.39 is 0 Å². The molecule has 31 heavy (non-hydrogen) atoms. The summed E-state index contributed by atoms with van der Waals surface area (Å²) in [7, 11) is 0. The van der Waals surface area contributed by atoms with Gasteiger partial charge in [0.25, 0.3) is 11.8 Å². The van der Waals surface area contributed by atoms with Gasteiger partial charge in [-0.25, -0.2) is 4.98 Å². The number of anilines is 1. The van der Waals surface area contributed by atoms with Gasteiger partial charge in [-0.1, -0.05) is 24.3 Å². The minimum atomic E-state index is -0.322. The molecule has 4 rings (SSSR count). The molecule has 2 aromatic carbocycles. The zero-order chi connectivity index (χ0) is 21.5. The molecular formula is C23H19N3O3S2. The molecule has 0 aliphatic carbocycles. The van der Waals surface area contributed by atoms with Crippen LogP contribution in [0.25, 0.3) is 0 Å². The summed E-state index contributed by atoms with van der Waals surface area (Å²) < 4.78 is 5.11. The second-order valence-electron chi connectivity index (χ2n) is 6.58. The van der Waals surface area contributed by atoms with Crippen LogP contribution in [0, 0.1) is 0 Å². The van der Waals surface area contributed by atoms with E-state index in [2.05, 4.69) is 15.6 Å². The lowest BCUT2D eigenvalue weighted by molar-refractivity contribution is 0.0946. The summed E-state index contributed by atoms with van der Waals surface area (Å²) in [5, 5.41) is 7.76. The topological polar surface area (TPSA) is 84.2 Å². The van der Waals surface area contributed by atoms with Crippen molar-refractivity contribution in [2.45, 2.75) is 17.2 Å². The minimum Gasteiger partial charge on any atom is -0.459 e. The van der Waals surface area contributed by atoms with Gasteiger partial charge >= 0.3 is 0 Å². The monoisotopic (exact) mass is 449 g/mol. The maximum Gasteiger partial charge on any atom is 0.291 e. The van der Waals surface area contributed by atoms with Crippen LogP contribution in [0.1, 0.15) is 32.2 Å². The van der Waals surface area contributed by atoms with Gasteiger partial charge in [0, 0.05) is 28.3 Å². The molecule has 0 spiro atoms. The zero-order valence-corrected chi connectivity index (χ0v) is 18.0. The van der Waals surface area contributed by atoms with Crippen LogP contribution in [-0.2, 0) is 12.3 Å². The smallest absolute Gasteiger partial charge is 0.291 e. The highest BCUT2D eigenvalue weighted by atomic mass is 32.2. The van der Waals surface area contributed by atoms with E-state index in [4.69, 9.17) is 4.42 Å². The molecule has 2 heterocycles. The lowest BCUT2D eigenvalue weighted by Gasteiger charge is -2.11. The molecule has 0 unspecified atom stereocenters. The molecular weight excluding hydrogens is 430 g/mol. The van der Waals surface area contributed by atoms with Gasteiger partial charge in [0.1, 0.15) is 0 Å². The Morgan fingerprint density at radius 3 is 2.74 bits per heavy atom. The van der Waals surface area contributed by atoms with Crippen molar-refractivity contribution in [3.63, 3.8) is 0 Å². The van der Waals surface area contributed by atoms with Gasteiger partial charge in [0.2, 0.25) is 0 Å². The number of benzene rings is 2. The SMILES string of the molecule is O=C(Nc1cccc(CNC(=O)c2ccccc2SCc2cscn2)c1)c1ccco1. The summed E-state index contributed by atoms with van der Waals surface area (Å²) >= 11 is 3.15. The third-order valence-electron chi connectivity index (χ3n) is 4.37. The number of nitrogens with zero attached hydrogens (tertiary/aromatic N) is 1. The number of rotatable bonds is 8. The van der Waals surface area contributed by atoms with Crippen molar-refractivity contribution >= 4 is 40.6 Å². The Hall–Kier alpha value is -3.36. The Kier molecular flexibility index (Phi) is 6.81. The highest BCUT2D eigenvalue weighted by Crippen LogP contribution is 2.26. The molecule has 156 valence electrons. The van der Waals surface area contributed by atoms with E-state index in [1.165, 1.54) is 6.26 Å². The maximum absolute atomic E-state index is 12.8. The number of amides is 2. The van der Waals surface area contributed by atoms with E-state index >= 15 is 0 Å². The molecule has 0 fully saturated rings. The highest BCUT2D eigenvalue weighted by molar-refractivity contribution is 7.98. The van der Waals surface area contributed by atoms with Gasteiger partial charge in [0.05, 0.1) is 23.0 Å². The summed E-state index contributed by atoms with van der Waals surface area (Å²) in [6, 6.07) is 18.1. The molecule has 0 bridgehead atoms. The standard InChI is InChI=1S/C23H19N3O3S2/c27-22(19-7-1-2-9-21(19)31-14-18-13-30-15-25-18)24-12-16-5-3-6-17(11-16)26-23(28)20-8-4-10-29-20/h1-11,13,15H,12,14H2,(H,24,27)(H,26,28). The number of carbonyl (C=O) groups excluding carboxylic acids is 2. The van der Waals surface area contributed by atoms with Crippen LogP contribution in [0.15, 0.2) is 87.1 Å². The van der Waals surface area contributed by atoms with Crippen molar-refractivity contribution in [3.05, 3.63) is 100 Å². The van der Waals surface area contributed by atoms with Crippen LogP contribution < -0.4 is 10.6 Å². The van der Waals surface area contributed by atoms with Crippen LogP contribution >= 0.6 is 23.1 Å². The van der Waals surface area contributed by atoms with E-state index in [1.54, 1.807) is 46.8 Å². The molecule has 2 aromatic heterocycles. The van der Waals surface area contributed by atoms with E-state index in [0.717, 1.165) is 16.2 Å². The summed E-state index contributed by atoms with van der Waals surface area (Å²) in [6.45, 7) is 0.342. The number of hydrogen-bond donors (Lipinski definition) is 2. The lowest BCUT2D eigenvalue weighted by Crippen LogP contribution is -2.23. The Morgan fingerprint density at radius 1 is 1.03 bits per heavy atom. The third-order valence-corrected chi connectivity index (χ3v) is 6.12. The molecule has 2 N–H and O–H groups in total. The van der Waals surface area contributed by atoms with Gasteiger partial charge in [-0.15, -0.1) is 23.1 Å². The average Bonchev–Trinajstić information content (AvgIpc) is 3.51. The number of thiazole rings is 1. The molecule has 2 amide bonds. The van der Waals surface area contributed by atoms with Crippen molar-refractivity contribution in [1.82, 2.24) is 10.3 Å². The third kappa shape index (κ3) is 5.62. The van der Waals surface area contributed by atoms with E-state index in [1.807, 2.05) is 47.8 Å². The number of furan rings is 1. The first kappa shape index (κ1) is 20.9. The molecule has 0 atom stereocenters. The Bertz CT molecular complexity index is 1160. The van der Waals surface area contributed by atoms with Crippen molar-refractivity contribution in [1.29, 1.82) is 0 Å². The van der Waals surface area contributed by atoms with E-state index in [0.29, 0.717) is 23.5 Å². The first-order valence-corrected chi connectivity index (χ1v) is 11.4. The summed E-state index contributed by atoms with van der Waals surface area (Å²) in [4.78, 5) is 30.1. The van der Waals surface area contributed by atoms with E-state index in [9.17, 15) is 9.59 Å². The summed E-state index contributed by atoms with van der Waals surface area (Å²) in [5.41, 5.74) is 4.94. The van der Waals surface area contributed by atoms with Crippen LogP contribution in [0.5, 0.6) is 0 Å². The molecule has 6 nitrogen and oxygen atoms in total. The quantitative estimate of drug-likeness (QED) is 0.361. The summed E-state index contributed by atoms with van der Waals surface area (Å²) in [6.07, 6.45) is 1.45. The van der Waals surface area contributed by atoms with Crippen LogP contribution in [0.4, 0.5) is 5.69 Å². The fraction of sp³-hybridized carbons (Fsp3) is 0.0870. The van der Waals surface area contributed by atoms with Crippen molar-refractivity contribution in [2.24, 2.45) is 0 Å². The average molecular weight is 450 g/mol. The number of thioether (sulfide) groups is 1. The van der Waals surface area contributed by atoms with Crippen molar-refractivity contribution in [3.8, 4) is 0 Å². The fourth-order valence-corrected chi connectivity index (χ4v) is 4.49. The number of hydrogen-bond acceptors (Lipinski definition) is 6. The Balaban J connectivity index is 1.37. The number of aromatic nitrogens is 1. The molecule has 0 aliphatic rings. The molecule has 0 saturated heterocycles. The van der Waals surface area contributed by atoms with Gasteiger partial charge in [-0.2, -0.15) is 0 Å². The van der Waals surface area contributed by atoms with Crippen LogP contribution in [0.3, 0.4) is 0 Å². The second kappa shape index (κ2) is 10.1. The van der Waals surface area contributed by atoms with Gasteiger partial charge in [-0.05, 0) is 42.0 Å². The Morgan fingerprint density at radius 2 is 1.94 bits per heavy atom. The van der Waals surface area contributed by atoms with Gasteiger partial charge < -0.3 is 15.1 Å². The summed E-state index contributed by atoms with van der Waals surface area (Å²) in [5.74, 6) is 0.486. The molecule has 8 heteroatoms.